The lowest BCUT2D eigenvalue weighted by Gasteiger charge is -2.18. The maximum Gasteiger partial charge on any atom is 0.322 e. The van der Waals surface area contributed by atoms with Gasteiger partial charge in [0.15, 0.2) is 11.5 Å². The number of likely N-dealkylation sites (tertiary alicyclic amines) is 1. The Kier molecular flexibility index (Phi) is 7.42. The van der Waals surface area contributed by atoms with Crippen LogP contribution in [0.3, 0.4) is 0 Å². The first-order valence-electron chi connectivity index (χ1n) is 9.24. The third kappa shape index (κ3) is 5.24. The van der Waals surface area contributed by atoms with Crippen molar-refractivity contribution in [3.63, 3.8) is 0 Å². The number of carbonyl (C=O) groups excluding carboxylic acids is 1. The van der Waals surface area contributed by atoms with Crippen LogP contribution in [0.4, 0.5) is 16.2 Å². The molecule has 1 aromatic carbocycles. The van der Waals surface area contributed by atoms with Gasteiger partial charge in [0.2, 0.25) is 0 Å². The van der Waals surface area contributed by atoms with Crippen molar-refractivity contribution < 1.29 is 29.1 Å². The number of nitro benzene ring substituents is 1. The van der Waals surface area contributed by atoms with E-state index in [2.05, 4.69) is 5.32 Å². The molecule has 0 radical (unpaired) electrons. The predicted octanol–water partition coefficient (Wildman–Crippen LogP) is 3.11. The number of carboxylic acid groups (broad SMARTS) is 1. The van der Waals surface area contributed by atoms with Gasteiger partial charge in [-0.25, -0.2) is 4.79 Å². The Labute approximate surface area is 162 Å². The van der Waals surface area contributed by atoms with Crippen molar-refractivity contribution in [2.75, 3.05) is 31.6 Å². The molecule has 1 heterocycles. The van der Waals surface area contributed by atoms with Crippen molar-refractivity contribution >= 4 is 23.4 Å². The highest BCUT2D eigenvalue weighted by molar-refractivity contribution is 5.93. The van der Waals surface area contributed by atoms with Gasteiger partial charge in [-0.05, 0) is 19.3 Å². The smallest absolute Gasteiger partial charge is 0.322 e. The molecule has 2 amide bonds. The number of anilines is 1. The highest BCUT2D eigenvalue weighted by Gasteiger charge is 2.32. The lowest BCUT2D eigenvalue weighted by molar-refractivity contribution is -0.384. The molecule has 1 aliphatic rings. The van der Waals surface area contributed by atoms with Crippen LogP contribution in [0.1, 0.15) is 33.1 Å². The summed E-state index contributed by atoms with van der Waals surface area (Å²) in [7, 11) is 0. The Balaban J connectivity index is 2.26. The summed E-state index contributed by atoms with van der Waals surface area (Å²) >= 11 is 0. The molecule has 154 valence electrons. The fourth-order valence-corrected chi connectivity index (χ4v) is 2.79. The normalized spacial score (nSPS) is 15.9. The molecule has 2 rings (SSSR count). The Morgan fingerprint density at radius 1 is 1.25 bits per heavy atom. The Morgan fingerprint density at radius 3 is 2.36 bits per heavy atom. The van der Waals surface area contributed by atoms with Crippen LogP contribution >= 0.6 is 0 Å². The second-order valence-corrected chi connectivity index (χ2v) is 6.47. The minimum absolute atomic E-state index is 0.0243. The maximum absolute atomic E-state index is 12.5. The minimum atomic E-state index is -0.964. The first-order valence-corrected chi connectivity index (χ1v) is 9.24. The van der Waals surface area contributed by atoms with E-state index in [4.69, 9.17) is 14.6 Å². The van der Waals surface area contributed by atoms with E-state index in [1.165, 1.54) is 17.0 Å². The molecule has 1 fully saturated rings. The lowest BCUT2D eigenvalue weighted by atomic mass is 10.1. The Morgan fingerprint density at radius 2 is 1.86 bits per heavy atom. The largest absolute Gasteiger partial charge is 0.490 e. The maximum atomic E-state index is 12.5. The first-order chi connectivity index (χ1) is 13.4. The number of urea groups is 1. The molecule has 28 heavy (non-hydrogen) atoms. The molecule has 10 nitrogen and oxygen atoms in total. The average Bonchev–Trinajstić information content (AvgIpc) is 3.15. The number of nitrogens with one attached hydrogen (secondary N) is 1. The van der Waals surface area contributed by atoms with Crippen molar-refractivity contribution in [3.05, 3.63) is 22.2 Å². The van der Waals surface area contributed by atoms with E-state index in [0.29, 0.717) is 25.4 Å². The molecule has 0 aromatic heterocycles. The summed E-state index contributed by atoms with van der Waals surface area (Å²) in [4.78, 5) is 35.7. The number of hydrogen-bond donors (Lipinski definition) is 2. The van der Waals surface area contributed by atoms with E-state index in [9.17, 15) is 19.7 Å². The summed E-state index contributed by atoms with van der Waals surface area (Å²) in [6.07, 6.45) is 1.80. The number of nitro groups is 1. The van der Waals surface area contributed by atoms with Crippen LogP contribution < -0.4 is 14.8 Å². The number of ether oxygens (including phenoxy) is 2. The number of nitrogens with zero attached hydrogens (tertiary/aromatic N) is 2. The first kappa shape index (κ1) is 21.3. The van der Waals surface area contributed by atoms with Gasteiger partial charge in [-0.15, -0.1) is 0 Å². The number of hydrogen-bond acceptors (Lipinski definition) is 6. The monoisotopic (exact) mass is 395 g/mol. The van der Waals surface area contributed by atoms with Gasteiger partial charge in [-0.1, -0.05) is 13.8 Å². The van der Waals surface area contributed by atoms with E-state index in [1.54, 1.807) is 0 Å². The summed E-state index contributed by atoms with van der Waals surface area (Å²) in [6, 6.07) is 2.03. The van der Waals surface area contributed by atoms with Gasteiger partial charge in [-0.2, -0.15) is 0 Å². The van der Waals surface area contributed by atoms with Crippen LogP contribution in [-0.4, -0.2) is 53.2 Å². The standard InChI is InChI=1S/C18H25N3O7/c1-3-7-27-15-9-13(14(21(25)26)10-16(15)28-8-4-2)19-18(24)20-6-5-12(11-20)17(22)23/h9-10,12H,3-8,11H2,1-2H3,(H,19,24)(H,22,23). The van der Waals surface area contributed by atoms with Gasteiger partial charge in [0, 0.05) is 19.2 Å². The van der Waals surface area contributed by atoms with E-state index < -0.39 is 22.8 Å². The Bertz CT molecular complexity index is 738. The summed E-state index contributed by atoms with van der Waals surface area (Å²) in [5, 5.41) is 23.1. The van der Waals surface area contributed by atoms with Crippen molar-refractivity contribution in [2.45, 2.75) is 33.1 Å². The number of benzene rings is 1. The molecule has 1 aliphatic heterocycles. The van der Waals surface area contributed by atoms with Gasteiger partial charge in [0.1, 0.15) is 5.69 Å². The summed E-state index contributed by atoms with van der Waals surface area (Å²) in [5.74, 6) is -1.05. The van der Waals surface area contributed by atoms with Gasteiger partial charge < -0.3 is 24.8 Å². The van der Waals surface area contributed by atoms with Crippen molar-refractivity contribution in [2.24, 2.45) is 5.92 Å². The predicted molar refractivity (Wildman–Crippen MR) is 101 cm³/mol. The van der Waals surface area contributed by atoms with Crippen molar-refractivity contribution in [1.82, 2.24) is 4.90 Å². The zero-order valence-corrected chi connectivity index (χ0v) is 16.0. The zero-order valence-electron chi connectivity index (χ0n) is 16.0. The topological polar surface area (TPSA) is 131 Å². The van der Waals surface area contributed by atoms with E-state index in [1.807, 2.05) is 13.8 Å². The molecule has 0 saturated carbocycles. The van der Waals surface area contributed by atoms with Crippen LogP contribution in [0.25, 0.3) is 0 Å². The molecular formula is C18H25N3O7. The average molecular weight is 395 g/mol. The quantitative estimate of drug-likeness (QED) is 0.485. The van der Waals surface area contributed by atoms with E-state index in [0.717, 1.165) is 12.8 Å². The molecule has 1 aromatic rings. The zero-order chi connectivity index (χ0) is 20.7. The van der Waals surface area contributed by atoms with Crippen molar-refractivity contribution in [1.29, 1.82) is 0 Å². The molecule has 0 bridgehead atoms. The third-order valence-corrected chi connectivity index (χ3v) is 4.25. The number of aliphatic carboxylic acids is 1. The van der Waals surface area contributed by atoms with E-state index >= 15 is 0 Å². The lowest BCUT2D eigenvalue weighted by Crippen LogP contribution is -2.34. The van der Waals surface area contributed by atoms with Gasteiger partial charge in [-0.3, -0.25) is 14.9 Å². The second kappa shape index (κ2) is 9.77. The van der Waals surface area contributed by atoms with Crippen LogP contribution in [0.5, 0.6) is 11.5 Å². The molecule has 1 unspecified atom stereocenters. The van der Waals surface area contributed by atoms with Crippen LogP contribution in [0, 0.1) is 16.0 Å². The summed E-state index contributed by atoms with van der Waals surface area (Å²) in [6.45, 7) is 4.93. The summed E-state index contributed by atoms with van der Waals surface area (Å²) < 4.78 is 11.2. The highest BCUT2D eigenvalue weighted by atomic mass is 16.6. The van der Waals surface area contributed by atoms with Gasteiger partial charge in [0.05, 0.1) is 30.1 Å². The number of rotatable bonds is 9. The van der Waals surface area contributed by atoms with Gasteiger partial charge in [0.25, 0.3) is 5.69 Å². The number of carbonyl (C=O) groups is 2. The summed E-state index contributed by atoms with van der Waals surface area (Å²) in [5.41, 5.74) is -0.346. The van der Waals surface area contributed by atoms with Crippen LogP contribution in [-0.2, 0) is 4.79 Å². The Hall–Kier alpha value is -3.04. The minimum Gasteiger partial charge on any atom is -0.490 e. The van der Waals surface area contributed by atoms with E-state index in [-0.39, 0.29) is 30.2 Å². The fourth-order valence-electron chi connectivity index (χ4n) is 2.79. The molecule has 1 saturated heterocycles. The van der Waals surface area contributed by atoms with Crippen molar-refractivity contribution in [3.8, 4) is 11.5 Å². The SMILES string of the molecule is CCCOc1cc(NC(=O)N2CCC(C(=O)O)C2)c([N+](=O)[O-])cc1OCCC. The number of amides is 2. The molecule has 0 aliphatic carbocycles. The fraction of sp³-hybridized carbons (Fsp3) is 0.556. The second-order valence-electron chi connectivity index (χ2n) is 6.47. The highest BCUT2D eigenvalue weighted by Crippen LogP contribution is 2.38. The molecular weight excluding hydrogens is 370 g/mol. The molecule has 1 atom stereocenters. The molecule has 10 heteroatoms. The van der Waals surface area contributed by atoms with Gasteiger partial charge >= 0.3 is 12.0 Å². The molecule has 2 N–H and O–H groups in total. The number of carboxylic acids is 1. The molecule has 0 spiro atoms. The van der Waals surface area contributed by atoms with Crippen LogP contribution in [0.2, 0.25) is 0 Å². The van der Waals surface area contributed by atoms with Crippen LogP contribution in [0.15, 0.2) is 12.1 Å². The third-order valence-electron chi connectivity index (χ3n) is 4.25.